The Morgan fingerprint density at radius 3 is 2.39 bits per heavy atom. The zero-order chi connectivity index (χ0) is 13.1. The van der Waals surface area contributed by atoms with E-state index in [0.29, 0.717) is 5.56 Å². The second-order valence-electron chi connectivity index (χ2n) is 4.46. The molecule has 0 aliphatic carbocycles. The molecule has 18 heavy (non-hydrogen) atoms. The minimum absolute atomic E-state index is 0.284. The molecule has 0 radical (unpaired) electrons. The lowest BCUT2D eigenvalue weighted by Gasteiger charge is -2.13. The van der Waals surface area contributed by atoms with Gasteiger partial charge in [0.1, 0.15) is 11.6 Å². The Kier molecular flexibility index (Phi) is 3.72. The predicted molar refractivity (Wildman–Crippen MR) is 68.2 cm³/mol. The van der Waals surface area contributed by atoms with Crippen LogP contribution in [0.3, 0.4) is 0 Å². The number of halogens is 2. The SMILES string of the molecule is Cc1ccc(C(N)Cc2cc(F)ccc2F)cc1. The molecule has 2 rings (SSSR count). The normalized spacial score (nSPS) is 12.4. The van der Waals surface area contributed by atoms with Gasteiger partial charge < -0.3 is 5.73 Å². The fourth-order valence-corrected chi connectivity index (χ4v) is 1.87. The summed E-state index contributed by atoms with van der Waals surface area (Å²) in [6.45, 7) is 1.99. The summed E-state index contributed by atoms with van der Waals surface area (Å²) in [5.41, 5.74) is 8.38. The molecule has 2 aromatic carbocycles. The van der Waals surface area contributed by atoms with E-state index in [0.717, 1.165) is 23.3 Å². The minimum Gasteiger partial charge on any atom is -0.324 e. The number of hydrogen-bond acceptors (Lipinski definition) is 1. The molecule has 0 aliphatic heterocycles. The topological polar surface area (TPSA) is 26.0 Å². The first-order chi connectivity index (χ1) is 8.56. The first kappa shape index (κ1) is 12.7. The van der Waals surface area contributed by atoms with Crippen LogP contribution in [0, 0.1) is 18.6 Å². The summed E-state index contributed by atoms with van der Waals surface area (Å²) in [5.74, 6) is -0.860. The lowest BCUT2D eigenvalue weighted by molar-refractivity contribution is 0.572. The van der Waals surface area contributed by atoms with Crippen LogP contribution in [0.25, 0.3) is 0 Å². The van der Waals surface area contributed by atoms with Crippen molar-refractivity contribution in [2.45, 2.75) is 19.4 Å². The van der Waals surface area contributed by atoms with Gasteiger partial charge >= 0.3 is 0 Å². The van der Waals surface area contributed by atoms with Crippen molar-refractivity contribution in [3.63, 3.8) is 0 Å². The van der Waals surface area contributed by atoms with Crippen LogP contribution in [0.15, 0.2) is 42.5 Å². The van der Waals surface area contributed by atoms with E-state index in [2.05, 4.69) is 0 Å². The van der Waals surface area contributed by atoms with Crippen molar-refractivity contribution in [2.75, 3.05) is 0 Å². The standard InChI is InChI=1S/C15H15F2N/c1-10-2-4-11(5-3-10)15(18)9-12-8-13(16)6-7-14(12)17/h2-8,15H,9,18H2,1H3. The van der Waals surface area contributed by atoms with Crippen molar-refractivity contribution in [1.82, 2.24) is 0 Å². The zero-order valence-electron chi connectivity index (χ0n) is 10.2. The Morgan fingerprint density at radius 1 is 1.06 bits per heavy atom. The first-order valence-corrected chi connectivity index (χ1v) is 5.82. The highest BCUT2D eigenvalue weighted by atomic mass is 19.1. The van der Waals surface area contributed by atoms with Crippen molar-refractivity contribution >= 4 is 0 Å². The highest BCUT2D eigenvalue weighted by Crippen LogP contribution is 2.19. The highest BCUT2D eigenvalue weighted by molar-refractivity contribution is 5.27. The van der Waals surface area contributed by atoms with E-state index in [1.54, 1.807) is 0 Å². The predicted octanol–water partition coefficient (Wildman–Crippen LogP) is 3.52. The van der Waals surface area contributed by atoms with Crippen molar-refractivity contribution in [3.8, 4) is 0 Å². The van der Waals surface area contributed by atoms with E-state index in [-0.39, 0.29) is 12.5 Å². The second-order valence-corrected chi connectivity index (χ2v) is 4.46. The third-order valence-electron chi connectivity index (χ3n) is 2.95. The number of benzene rings is 2. The van der Waals surface area contributed by atoms with Gasteiger partial charge in [0.25, 0.3) is 0 Å². The van der Waals surface area contributed by atoms with Crippen molar-refractivity contribution < 1.29 is 8.78 Å². The minimum atomic E-state index is -0.442. The van der Waals surface area contributed by atoms with Gasteiger partial charge in [0.05, 0.1) is 0 Å². The molecule has 0 saturated heterocycles. The van der Waals surface area contributed by atoms with E-state index >= 15 is 0 Å². The quantitative estimate of drug-likeness (QED) is 0.882. The average molecular weight is 247 g/mol. The lowest BCUT2D eigenvalue weighted by atomic mass is 9.98. The van der Waals surface area contributed by atoms with Gasteiger partial charge in [-0.2, -0.15) is 0 Å². The Balaban J connectivity index is 2.18. The zero-order valence-corrected chi connectivity index (χ0v) is 10.2. The number of nitrogens with two attached hydrogens (primary N) is 1. The van der Waals surface area contributed by atoms with Gasteiger partial charge in [-0.3, -0.25) is 0 Å². The molecule has 94 valence electrons. The molecule has 0 aromatic heterocycles. The summed E-state index contributed by atoms with van der Waals surface area (Å²) in [6, 6.07) is 10.8. The van der Waals surface area contributed by atoms with Gasteiger partial charge in [-0.25, -0.2) is 8.78 Å². The van der Waals surface area contributed by atoms with Gasteiger partial charge in [-0.05, 0) is 42.7 Å². The summed E-state index contributed by atoms with van der Waals surface area (Å²) >= 11 is 0. The van der Waals surface area contributed by atoms with Gasteiger partial charge in [-0.1, -0.05) is 29.8 Å². The third-order valence-corrected chi connectivity index (χ3v) is 2.95. The fraction of sp³-hybridized carbons (Fsp3) is 0.200. The Morgan fingerprint density at radius 2 is 1.72 bits per heavy atom. The monoisotopic (exact) mass is 247 g/mol. The third kappa shape index (κ3) is 2.93. The number of aryl methyl sites for hydroxylation is 1. The first-order valence-electron chi connectivity index (χ1n) is 5.82. The van der Waals surface area contributed by atoms with Gasteiger partial charge in [0.15, 0.2) is 0 Å². The Bertz CT molecular complexity index is 535. The van der Waals surface area contributed by atoms with Crippen LogP contribution in [-0.2, 0) is 6.42 Å². The Hall–Kier alpha value is -1.74. The molecule has 0 amide bonds. The van der Waals surface area contributed by atoms with Gasteiger partial charge in [-0.15, -0.1) is 0 Å². The summed E-state index contributed by atoms with van der Waals surface area (Å²) < 4.78 is 26.5. The summed E-state index contributed by atoms with van der Waals surface area (Å²) in [5, 5.41) is 0. The summed E-state index contributed by atoms with van der Waals surface area (Å²) in [7, 11) is 0. The Labute approximate surface area is 105 Å². The van der Waals surface area contributed by atoms with E-state index in [1.807, 2.05) is 31.2 Å². The van der Waals surface area contributed by atoms with Gasteiger partial charge in [0, 0.05) is 6.04 Å². The molecular formula is C15H15F2N. The fourth-order valence-electron chi connectivity index (χ4n) is 1.87. The van der Waals surface area contributed by atoms with Crippen LogP contribution < -0.4 is 5.73 Å². The van der Waals surface area contributed by atoms with Crippen molar-refractivity contribution in [2.24, 2.45) is 5.73 Å². The van der Waals surface area contributed by atoms with Crippen molar-refractivity contribution in [1.29, 1.82) is 0 Å². The van der Waals surface area contributed by atoms with E-state index < -0.39 is 11.6 Å². The van der Waals surface area contributed by atoms with Crippen molar-refractivity contribution in [3.05, 3.63) is 70.8 Å². The maximum Gasteiger partial charge on any atom is 0.126 e. The molecule has 1 nitrogen and oxygen atoms in total. The van der Waals surface area contributed by atoms with Gasteiger partial charge in [0.2, 0.25) is 0 Å². The lowest BCUT2D eigenvalue weighted by Crippen LogP contribution is -2.14. The van der Waals surface area contributed by atoms with Crippen LogP contribution >= 0.6 is 0 Å². The molecule has 2 N–H and O–H groups in total. The highest BCUT2D eigenvalue weighted by Gasteiger charge is 2.11. The number of rotatable bonds is 3. The smallest absolute Gasteiger partial charge is 0.126 e. The average Bonchev–Trinajstić information content (AvgIpc) is 2.34. The van der Waals surface area contributed by atoms with Crippen LogP contribution in [0.1, 0.15) is 22.7 Å². The summed E-state index contributed by atoms with van der Waals surface area (Å²) in [6.07, 6.45) is 0.284. The molecule has 0 saturated carbocycles. The molecule has 3 heteroatoms. The maximum absolute atomic E-state index is 13.5. The van der Waals surface area contributed by atoms with E-state index in [4.69, 9.17) is 5.73 Å². The molecule has 0 heterocycles. The van der Waals surface area contributed by atoms with Crippen LogP contribution in [0.4, 0.5) is 8.78 Å². The largest absolute Gasteiger partial charge is 0.324 e. The molecule has 1 unspecified atom stereocenters. The molecule has 2 aromatic rings. The molecular weight excluding hydrogens is 232 g/mol. The van der Waals surface area contributed by atoms with Crippen LogP contribution in [0.2, 0.25) is 0 Å². The van der Waals surface area contributed by atoms with Crippen LogP contribution in [0.5, 0.6) is 0 Å². The number of hydrogen-bond donors (Lipinski definition) is 1. The molecule has 0 aliphatic rings. The molecule has 0 fully saturated rings. The van der Waals surface area contributed by atoms with E-state index in [1.165, 1.54) is 6.07 Å². The molecule has 0 spiro atoms. The summed E-state index contributed by atoms with van der Waals surface area (Å²) in [4.78, 5) is 0. The molecule has 0 bridgehead atoms. The maximum atomic E-state index is 13.5. The molecule has 1 atom stereocenters. The van der Waals surface area contributed by atoms with Crippen LogP contribution in [-0.4, -0.2) is 0 Å². The second kappa shape index (κ2) is 5.27. The van der Waals surface area contributed by atoms with E-state index in [9.17, 15) is 8.78 Å².